The van der Waals surface area contributed by atoms with E-state index in [-0.39, 0.29) is 5.54 Å². The molecule has 0 atom stereocenters. The fourth-order valence-corrected chi connectivity index (χ4v) is 1.90. The van der Waals surface area contributed by atoms with Crippen LogP contribution in [0.2, 0.25) is 0 Å². The van der Waals surface area contributed by atoms with Crippen molar-refractivity contribution < 1.29 is 9.90 Å². The molecule has 2 rings (SSSR count). The molecule has 1 N–H and O–H groups in total. The lowest BCUT2D eigenvalue weighted by Crippen LogP contribution is -2.37. The van der Waals surface area contributed by atoms with Gasteiger partial charge in [-0.1, -0.05) is 12.2 Å². The van der Waals surface area contributed by atoms with E-state index in [9.17, 15) is 4.79 Å². The zero-order valence-corrected chi connectivity index (χ0v) is 6.99. The molecule has 0 saturated heterocycles. The van der Waals surface area contributed by atoms with Crippen LogP contribution in [0.25, 0.3) is 0 Å². The van der Waals surface area contributed by atoms with Gasteiger partial charge >= 0.3 is 5.97 Å². The first kappa shape index (κ1) is 7.80. The molecule has 0 aromatic carbocycles. The quantitative estimate of drug-likeness (QED) is 0.634. The molecule has 0 aromatic rings. The fraction of sp³-hybridized carbons (Fsp3) is 0.667. The van der Waals surface area contributed by atoms with E-state index in [4.69, 9.17) is 5.11 Å². The average molecular weight is 167 g/mol. The monoisotopic (exact) mass is 167 g/mol. The highest BCUT2D eigenvalue weighted by molar-refractivity contribution is 5.69. The normalized spacial score (nSPS) is 26.0. The number of nitrogens with zero attached hydrogens (tertiary/aromatic N) is 1. The zero-order chi connectivity index (χ0) is 8.60. The van der Waals surface area contributed by atoms with E-state index >= 15 is 0 Å². The number of carboxylic acid groups (broad SMARTS) is 1. The van der Waals surface area contributed by atoms with E-state index in [1.54, 1.807) is 0 Å². The maximum absolute atomic E-state index is 10.6. The summed E-state index contributed by atoms with van der Waals surface area (Å²) in [5, 5.41) is 8.70. The third-order valence-electron chi connectivity index (χ3n) is 2.80. The van der Waals surface area contributed by atoms with Crippen molar-refractivity contribution in [3.63, 3.8) is 0 Å². The summed E-state index contributed by atoms with van der Waals surface area (Å²) in [5.41, 5.74) is 0.0231. The zero-order valence-electron chi connectivity index (χ0n) is 6.99. The second kappa shape index (κ2) is 2.59. The molecule has 0 unspecified atom stereocenters. The number of rotatable bonds is 3. The third kappa shape index (κ3) is 1.25. The Bertz CT molecular complexity index is 223. The maximum Gasteiger partial charge on any atom is 0.305 e. The predicted octanol–water partition coefficient (Wildman–Crippen LogP) is 0.865. The van der Waals surface area contributed by atoms with Gasteiger partial charge in [0.15, 0.2) is 0 Å². The molecule has 0 bridgehead atoms. The van der Waals surface area contributed by atoms with Crippen LogP contribution in [0.5, 0.6) is 0 Å². The van der Waals surface area contributed by atoms with Crippen molar-refractivity contribution in [2.24, 2.45) is 0 Å². The van der Waals surface area contributed by atoms with Crippen molar-refractivity contribution in [3.05, 3.63) is 12.2 Å². The summed E-state index contributed by atoms with van der Waals surface area (Å²) in [4.78, 5) is 12.8. The van der Waals surface area contributed by atoms with Crippen molar-refractivity contribution in [1.82, 2.24) is 4.90 Å². The van der Waals surface area contributed by atoms with Gasteiger partial charge in [-0.3, -0.25) is 9.69 Å². The molecular formula is C9H13NO2. The van der Waals surface area contributed by atoms with E-state index < -0.39 is 5.97 Å². The number of hydrogen-bond acceptors (Lipinski definition) is 2. The molecule has 0 spiro atoms. The van der Waals surface area contributed by atoms with Crippen molar-refractivity contribution >= 4 is 5.97 Å². The van der Waals surface area contributed by atoms with Crippen LogP contribution in [0.1, 0.15) is 19.3 Å². The predicted molar refractivity (Wildman–Crippen MR) is 44.9 cm³/mol. The van der Waals surface area contributed by atoms with Crippen LogP contribution in [-0.2, 0) is 4.79 Å². The van der Waals surface area contributed by atoms with E-state index in [0.29, 0.717) is 6.42 Å². The molecule has 1 heterocycles. The topological polar surface area (TPSA) is 40.5 Å². The van der Waals surface area contributed by atoms with E-state index in [1.165, 1.54) is 0 Å². The Kier molecular flexibility index (Phi) is 1.68. The molecular weight excluding hydrogens is 154 g/mol. The third-order valence-corrected chi connectivity index (χ3v) is 2.80. The highest BCUT2D eigenvalue weighted by Crippen LogP contribution is 2.45. The largest absolute Gasteiger partial charge is 0.481 e. The highest BCUT2D eigenvalue weighted by atomic mass is 16.4. The van der Waals surface area contributed by atoms with Crippen molar-refractivity contribution in [3.8, 4) is 0 Å². The minimum absolute atomic E-state index is 0.0231. The summed E-state index contributed by atoms with van der Waals surface area (Å²) in [7, 11) is 0. The first-order valence-corrected chi connectivity index (χ1v) is 4.35. The number of carboxylic acids is 1. The summed E-state index contributed by atoms with van der Waals surface area (Å²) < 4.78 is 0. The average Bonchev–Trinajstić information content (AvgIpc) is 2.61. The van der Waals surface area contributed by atoms with Crippen molar-refractivity contribution in [2.75, 3.05) is 13.1 Å². The van der Waals surface area contributed by atoms with Gasteiger partial charge in [0, 0.05) is 18.6 Å². The molecule has 1 fully saturated rings. The lowest BCUT2D eigenvalue weighted by atomic mass is 10.1. The lowest BCUT2D eigenvalue weighted by Gasteiger charge is -2.25. The van der Waals surface area contributed by atoms with Gasteiger partial charge in [-0.25, -0.2) is 0 Å². The maximum atomic E-state index is 10.6. The lowest BCUT2D eigenvalue weighted by molar-refractivity contribution is -0.138. The van der Waals surface area contributed by atoms with Crippen LogP contribution in [0.4, 0.5) is 0 Å². The Hall–Kier alpha value is -0.830. The second-order valence-electron chi connectivity index (χ2n) is 3.67. The van der Waals surface area contributed by atoms with Gasteiger partial charge in [0.25, 0.3) is 0 Å². The Morgan fingerprint density at radius 3 is 2.42 bits per heavy atom. The van der Waals surface area contributed by atoms with Gasteiger partial charge in [0.2, 0.25) is 0 Å². The fourth-order valence-electron chi connectivity index (χ4n) is 1.90. The molecule has 1 aliphatic heterocycles. The molecule has 3 heteroatoms. The molecule has 0 radical (unpaired) electrons. The van der Waals surface area contributed by atoms with Crippen molar-refractivity contribution in [2.45, 2.75) is 24.8 Å². The molecule has 0 amide bonds. The van der Waals surface area contributed by atoms with Crippen LogP contribution in [-0.4, -0.2) is 34.6 Å². The van der Waals surface area contributed by atoms with E-state index in [1.807, 2.05) is 0 Å². The Balaban J connectivity index is 1.97. The summed E-state index contributed by atoms with van der Waals surface area (Å²) in [5.74, 6) is -0.667. The van der Waals surface area contributed by atoms with Gasteiger partial charge in [-0.2, -0.15) is 0 Å². The van der Waals surface area contributed by atoms with E-state index in [2.05, 4.69) is 17.1 Å². The summed E-state index contributed by atoms with van der Waals surface area (Å²) >= 11 is 0. The minimum Gasteiger partial charge on any atom is -0.481 e. The first-order valence-electron chi connectivity index (χ1n) is 4.35. The smallest absolute Gasteiger partial charge is 0.305 e. The van der Waals surface area contributed by atoms with Gasteiger partial charge in [-0.15, -0.1) is 0 Å². The molecule has 66 valence electrons. The van der Waals surface area contributed by atoms with Crippen LogP contribution in [0, 0.1) is 0 Å². The molecule has 2 aliphatic rings. The first-order chi connectivity index (χ1) is 5.73. The molecule has 0 aromatic heterocycles. The van der Waals surface area contributed by atoms with E-state index in [0.717, 1.165) is 25.9 Å². The molecule has 12 heavy (non-hydrogen) atoms. The Morgan fingerprint density at radius 2 is 2.00 bits per heavy atom. The summed E-state index contributed by atoms with van der Waals surface area (Å²) in [6.07, 6.45) is 6.65. The molecule has 3 nitrogen and oxygen atoms in total. The number of carbonyl (C=O) groups is 1. The molecule has 1 saturated carbocycles. The second-order valence-corrected chi connectivity index (χ2v) is 3.67. The van der Waals surface area contributed by atoms with Crippen LogP contribution in [0.15, 0.2) is 12.2 Å². The van der Waals surface area contributed by atoms with Gasteiger partial charge < -0.3 is 5.11 Å². The highest BCUT2D eigenvalue weighted by Gasteiger charge is 2.49. The van der Waals surface area contributed by atoms with Crippen molar-refractivity contribution in [1.29, 1.82) is 0 Å². The minimum atomic E-state index is -0.667. The van der Waals surface area contributed by atoms with Crippen LogP contribution >= 0.6 is 0 Å². The van der Waals surface area contributed by atoms with Crippen LogP contribution in [0.3, 0.4) is 0 Å². The van der Waals surface area contributed by atoms with Gasteiger partial charge in [0.1, 0.15) is 0 Å². The summed E-state index contributed by atoms with van der Waals surface area (Å²) in [6.45, 7) is 1.88. The van der Waals surface area contributed by atoms with Gasteiger partial charge in [-0.05, 0) is 12.8 Å². The summed E-state index contributed by atoms with van der Waals surface area (Å²) in [6, 6.07) is 0. The SMILES string of the molecule is O=C(O)CC1(N2CC=CC2)CC1. The Labute approximate surface area is 71.7 Å². The Morgan fingerprint density at radius 1 is 1.42 bits per heavy atom. The standard InChI is InChI=1S/C9H13NO2/c11-8(12)7-9(3-4-9)10-5-1-2-6-10/h1-2H,3-7H2,(H,11,12). The molecule has 1 aliphatic carbocycles. The number of hydrogen-bond donors (Lipinski definition) is 1. The number of aliphatic carboxylic acids is 1. The van der Waals surface area contributed by atoms with Crippen LogP contribution < -0.4 is 0 Å². The van der Waals surface area contributed by atoms with Gasteiger partial charge in [0.05, 0.1) is 6.42 Å².